The second-order valence-corrected chi connectivity index (χ2v) is 3.72. The van der Waals surface area contributed by atoms with Gasteiger partial charge in [-0.25, -0.2) is 4.79 Å². The van der Waals surface area contributed by atoms with Crippen LogP contribution in [0.5, 0.6) is 0 Å². The van der Waals surface area contributed by atoms with Gasteiger partial charge in [0.15, 0.2) is 0 Å². The first-order valence-electron chi connectivity index (χ1n) is 4.80. The molecule has 0 fully saturated rings. The average molecular weight is 221 g/mol. The van der Waals surface area contributed by atoms with Crippen molar-refractivity contribution in [3.63, 3.8) is 0 Å². The van der Waals surface area contributed by atoms with Crippen molar-refractivity contribution in [1.82, 2.24) is 10.6 Å². The molecule has 0 aliphatic carbocycles. The minimum absolute atomic E-state index is 0.473. The highest BCUT2D eigenvalue weighted by Gasteiger charge is 2.11. The summed E-state index contributed by atoms with van der Waals surface area (Å²) in [6.45, 7) is 4.18. The molecule has 0 heterocycles. The van der Waals surface area contributed by atoms with Gasteiger partial charge < -0.3 is 5.32 Å². The molecule has 1 unspecified atom stereocenters. The average Bonchev–Trinajstić information content (AvgIpc) is 2.12. The molecule has 0 aromatic heterocycles. The molecule has 1 atom stereocenters. The normalized spacial score (nSPS) is 11.9. The molecule has 0 spiro atoms. The van der Waals surface area contributed by atoms with E-state index in [0.717, 1.165) is 19.3 Å². The summed E-state index contributed by atoms with van der Waals surface area (Å²) in [5.41, 5.74) is 0. The lowest BCUT2D eigenvalue weighted by Crippen LogP contribution is -2.42. The molecule has 0 bridgehead atoms. The van der Waals surface area contributed by atoms with Gasteiger partial charge in [0.2, 0.25) is 5.91 Å². The number of amides is 3. The van der Waals surface area contributed by atoms with Crippen molar-refractivity contribution in [3.05, 3.63) is 0 Å². The van der Waals surface area contributed by atoms with Crippen LogP contribution < -0.4 is 10.6 Å². The third-order valence-corrected chi connectivity index (χ3v) is 1.86. The Morgan fingerprint density at radius 2 is 2.00 bits per heavy atom. The number of unbranched alkanes of at least 4 members (excludes halogenated alkanes) is 2. The van der Waals surface area contributed by atoms with Gasteiger partial charge in [-0.2, -0.15) is 0 Å². The molecule has 4 nitrogen and oxygen atoms in total. The Bertz CT molecular complexity index is 195. The minimum atomic E-state index is -0.684. The second kappa shape index (κ2) is 7.62. The number of alkyl halides is 1. The zero-order valence-corrected chi connectivity index (χ0v) is 9.36. The van der Waals surface area contributed by atoms with Gasteiger partial charge in [0, 0.05) is 6.54 Å². The smallest absolute Gasteiger partial charge is 0.321 e. The standard InChI is InChI=1S/C9H17ClN2O2/c1-3-4-5-6-11-9(14)12-8(13)7(2)10/h7H,3-6H2,1-2H3,(H2,11,12,13,14). The number of halogens is 1. The number of hydrogen-bond donors (Lipinski definition) is 2. The van der Waals surface area contributed by atoms with Gasteiger partial charge in [0.1, 0.15) is 5.38 Å². The van der Waals surface area contributed by atoms with Crippen LogP contribution in [0.1, 0.15) is 33.1 Å². The number of rotatable bonds is 5. The van der Waals surface area contributed by atoms with Crippen LogP contribution in [0.3, 0.4) is 0 Å². The van der Waals surface area contributed by atoms with Gasteiger partial charge in [-0.3, -0.25) is 10.1 Å². The zero-order chi connectivity index (χ0) is 11.0. The molecule has 5 heteroatoms. The van der Waals surface area contributed by atoms with Crippen molar-refractivity contribution in [1.29, 1.82) is 0 Å². The highest BCUT2D eigenvalue weighted by molar-refractivity contribution is 6.31. The van der Waals surface area contributed by atoms with E-state index in [0.29, 0.717) is 6.54 Å². The van der Waals surface area contributed by atoms with E-state index in [1.165, 1.54) is 6.92 Å². The number of urea groups is 1. The molecular formula is C9H17ClN2O2. The molecule has 0 saturated heterocycles. The van der Waals surface area contributed by atoms with E-state index in [2.05, 4.69) is 17.6 Å². The topological polar surface area (TPSA) is 58.2 Å². The Morgan fingerprint density at radius 3 is 2.50 bits per heavy atom. The summed E-state index contributed by atoms with van der Waals surface area (Å²) < 4.78 is 0. The maximum absolute atomic E-state index is 11.0. The predicted octanol–water partition coefficient (Wildman–Crippen LogP) is 1.63. The van der Waals surface area contributed by atoms with Gasteiger partial charge in [0.05, 0.1) is 0 Å². The van der Waals surface area contributed by atoms with E-state index in [4.69, 9.17) is 11.6 Å². The maximum atomic E-state index is 11.0. The Kier molecular flexibility index (Phi) is 7.20. The molecule has 82 valence electrons. The molecule has 0 radical (unpaired) electrons. The molecule has 14 heavy (non-hydrogen) atoms. The number of imide groups is 1. The van der Waals surface area contributed by atoms with E-state index < -0.39 is 17.3 Å². The number of carbonyl (C=O) groups is 2. The van der Waals surface area contributed by atoms with E-state index in [1.807, 2.05) is 0 Å². The Hall–Kier alpha value is -0.770. The van der Waals surface area contributed by atoms with Crippen LogP contribution in [0.4, 0.5) is 4.79 Å². The van der Waals surface area contributed by atoms with Crippen LogP contribution in [0.2, 0.25) is 0 Å². The third kappa shape index (κ3) is 6.71. The van der Waals surface area contributed by atoms with Gasteiger partial charge in [0.25, 0.3) is 0 Å². The fourth-order valence-corrected chi connectivity index (χ4v) is 0.887. The van der Waals surface area contributed by atoms with Crippen LogP contribution in [0.15, 0.2) is 0 Å². The molecule has 2 N–H and O–H groups in total. The largest absolute Gasteiger partial charge is 0.338 e. The molecule has 0 rings (SSSR count). The number of hydrogen-bond acceptors (Lipinski definition) is 2. The summed E-state index contributed by atoms with van der Waals surface area (Å²) in [6, 6.07) is -0.474. The Balaban J connectivity index is 3.51. The van der Waals surface area contributed by atoms with Crippen molar-refractivity contribution < 1.29 is 9.59 Å². The first-order chi connectivity index (χ1) is 6.57. The van der Waals surface area contributed by atoms with Crippen LogP contribution in [-0.4, -0.2) is 23.9 Å². The minimum Gasteiger partial charge on any atom is -0.338 e. The van der Waals surface area contributed by atoms with E-state index >= 15 is 0 Å². The van der Waals surface area contributed by atoms with E-state index in [1.54, 1.807) is 0 Å². The fraction of sp³-hybridized carbons (Fsp3) is 0.778. The summed E-state index contributed by atoms with van der Waals surface area (Å²) >= 11 is 5.46. The highest BCUT2D eigenvalue weighted by Crippen LogP contribution is 1.93. The first kappa shape index (κ1) is 13.2. The van der Waals surface area contributed by atoms with E-state index in [-0.39, 0.29) is 0 Å². The van der Waals surface area contributed by atoms with Crippen LogP contribution in [0.25, 0.3) is 0 Å². The molecule has 0 saturated carbocycles. The second-order valence-electron chi connectivity index (χ2n) is 3.07. The summed E-state index contributed by atoms with van der Waals surface area (Å²) in [5.74, 6) is -0.473. The molecule has 0 aliphatic heterocycles. The Labute approximate surface area is 89.4 Å². The van der Waals surface area contributed by atoms with Gasteiger partial charge >= 0.3 is 6.03 Å². The summed E-state index contributed by atoms with van der Waals surface area (Å²) in [5, 5.41) is 4.03. The fourth-order valence-electron chi connectivity index (χ4n) is 0.832. The summed E-state index contributed by atoms with van der Waals surface area (Å²) in [4.78, 5) is 22.0. The van der Waals surface area contributed by atoms with Crippen LogP contribution in [-0.2, 0) is 4.79 Å². The van der Waals surface area contributed by atoms with Crippen molar-refractivity contribution >= 4 is 23.5 Å². The number of nitrogens with one attached hydrogen (secondary N) is 2. The van der Waals surface area contributed by atoms with Gasteiger partial charge in [-0.05, 0) is 13.3 Å². The lowest BCUT2D eigenvalue weighted by atomic mass is 10.2. The molecule has 0 aromatic carbocycles. The number of carbonyl (C=O) groups excluding carboxylic acids is 2. The van der Waals surface area contributed by atoms with Crippen molar-refractivity contribution in [2.45, 2.75) is 38.5 Å². The van der Waals surface area contributed by atoms with Crippen molar-refractivity contribution in [2.24, 2.45) is 0 Å². The monoisotopic (exact) mass is 220 g/mol. The highest BCUT2D eigenvalue weighted by atomic mass is 35.5. The van der Waals surface area contributed by atoms with Gasteiger partial charge in [-0.15, -0.1) is 11.6 Å². The predicted molar refractivity (Wildman–Crippen MR) is 56.4 cm³/mol. The first-order valence-corrected chi connectivity index (χ1v) is 5.24. The molecule has 0 aromatic rings. The SMILES string of the molecule is CCCCCNC(=O)NC(=O)C(C)Cl. The third-order valence-electron chi connectivity index (χ3n) is 1.66. The lowest BCUT2D eigenvalue weighted by Gasteiger charge is -2.06. The van der Waals surface area contributed by atoms with Crippen molar-refractivity contribution in [2.75, 3.05) is 6.54 Å². The summed E-state index contributed by atoms with van der Waals surface area (Å²) in [7, 11) is 0. The Morgan fingerprint density at radius 1 is 1.36 bits per heavy atom. The molecular weight excluding hydrogens is 204 g/mol. The van der Waals surface area contributed by atoms with E-state index in [9.17, 15) is 9.59 Å². The molecule has 0 aliphatic rings. The quantitative estimate of drug-likeness (QED) is 0.547. The van der Waals surface area contributed by atoms with Crippen LogP contribution in [0, 0.1) is 0 Å². The summed E-state index contributed by atoms with van der Waals surface area (Å²) in [6.07, 6.45) is 3.09. The maximum Gasteiger partial charge on any atom is 0.321 e. The zero-order valence-electron chi connectivity index (χ0n) is 8.60. The molecule has 3 amide bonds. The lowest BCUT2D eigenvalue weighted by molar-refractivity contribution is -0.119. The van der Waals surface area contributed by atoms with Gasteiger partial charge in [-0.1, -0.05) is 19.8 Å². The van der Waals surface area contributed by atoms with Crippen molar-refractivity contribution in [3.8, 4) is 0 Å². The van der Waals surface area contributed by atoms with Crippen LogP contribution >= 0.6 is 11.6 Å².